The molecule has 11 heteroatoms. The first-order valence-corrected chi connectivity index (χ1v) is 12.6. The molecule has 1 rings (SSSR count). The van der Waals surface area contributed by atoms with E-state index in [9.17, 15) is 0 Å². The first-order valence-electron chi connectivity index (χ1n) is 11.5. The number of H-pyrrole nitrogens is 1. The van der Waals surface area contributed by atoms with Gasteiger partial charge in [-0.1, -0.05) is 38.5 Å². The summed E-state index contributed by atoms with van der Waals surface area (Å²) in [5.41, 5.74) is 13.8. The number of nitrogens with zero attached hydrogens (tertiary/aromatic N) is 7. The maximum atomic E-state index is 8.84. The zero-order valence-electron chi connectivity index (χ0n) is 20.0. The molecule has 0 amide bonds. The molecule has 0 aliphatic rings. The number of nitrogens with one attached hydrogen (secondary N) is 1. The Labute approximate surface area is 202 Å². The van der Waals surface area contributed by atoms with Gasteiger partial charge in [0.25, 0.3) is 0 Å². The van der Waals surface area contributed by atoms with Crippen LogP contribution in [0.5, 0.6) is 0 Å². The molecule has 0 atom stereocenters. The molecular formula is C22H38N10S. The van der Waals surface area contributed by atoms with Crippen molar-refractivity contribution in [2.45, 2.75) is 64.0 Å². The largest absolute Gasteiger partial charge is 0.369 e. The highest BCUT2D eigenvalue weighted by molar-refractivity contribution is 7.98. The van der Waals surface area contributed by atoms with Gasteiger partial charge in [-0.15, -0.1) is 9.98 Å². The van der Waals surface area contributed by atoms with Gasteiger partial charge in [0.1, 0.15) is 0 Å². The lowest BCUT2D eigenvalue weighted by Crippen LogP contribution is -2.39. The fourth-order valence-electron chi connectivity index (χ4n) is 3.30. The molecule has 1 aromatic heterocycles. The van der Waals surface area contributed by atoms with E-state index in [0.29, 0.717) is 5.96 Å². The molecule has 0 aliphatic heterocycles. The molecule has 0 fully saturated rings. The average molecular weight is 475 g/mol. The second kappa shape index (κ2) is 17.6. The minimum atomic E-state index is 0.276. The number of aryl methyl sites for hydroxylation is 1. The van der Waals surface area contributed by atoms with Gasteiger partial charge in [-0.25, -0.2) is 4.98 Å². The van der Waals surface area contributed by atoms with Gasteiger partial charge in [0.15, 0.2) is 0 Å². The van der Waals surface area contributed by atoms with Crippen LogP contribution in [0.3, 0.4) is 0 Å². The molecule has 182 valence electrons. The lowest BCUT2D eigenvalue weighted by atomic mass is 10.1. The third kappa shape index (κ3) is 12.6. The highest BCUT2D eigenvalue weighted by Crippen LogP contribution is 2.13. The van der Waals surface area contributed by atoms with Gasteiger partial charge in [-0.3, -0.25) is 0 Å². The van der Waals surface area contributed by atoms with E-state index >= 15 is 0 Å². The number of guanidine groups is 2. The van der Waals surface area contributed by atoms with Gasteiger partial charge < -0.3 is 26.3 Å². The number of thioether (sulfide) groups is 1. The van der Waals surface area contributed by atoms with E-state index in [1.807, 2.05) is 23.8 Å². The standard InChI is InChI=1S/C22H38N10S/c1-19-20(30-18-29-19)15-33-14-13-32(22(26)28-17-24)12-10-8-6-4-3-5-7-9-11-31(2)21(25)27-16-23/h18H,3-15H2,1-2H3,(H2,25,27)(H2,26,28)(H,29,30). The van der Waals surface area contributed by atoms with Gasteiger partial charge in [0.05, 0.1) is 12.0 Å². The maximum Gasteiger partial charge on any atom is 0.209 e. The highest BCUT2D eigenvalue weighted by Gasteiger charge is 2.09. The summed E-state index contributed by atoms with van der Waals surface area (Å²) in [6.07, 6.45) is 14.4. The van der Waals surface area contributed by atoms with E-state index in [1.165, 1.54) is 25.7 Å². The summed E-state index contributed by atoms with van der Waals surface area (Å²) in [6.45, 7) is 4.42. The van der Waals surface area contributed by atoms with Gasteiger partial charge in [0, 0.05) is 43.9 Å². The molecule has 0 saturated carbocycles. The maximum absolute atomic E-state index is 8.84. The zero-order valence-corrected chi connectivity index (χ0v) is 20.8. The molecule has 0 bridgehead atoms. The van der Waals surface area contributed by atoms with Crippen LogP contribution >= 0.6 is 11.8 Å². The summed E-state index contributed by atoms with van der Waals surface area (Å²) in [5, 5.41) is 17.3. The van der Waals surface area contributed by atoms with Crippen LogP contribution in [0.4, 0.5) is 0 Å². The minimum absolute atomic E-state index is 0.276. The molecule has 0 aromatic carbocycles. The highest BCUT2D eigenvalue weighted by atomic mass is 32.2. The Morgan fingerprint density at radius 2 is 1.55 bits per heavy atom. The van der Waals surface area contributed by atoms with Crippen LogP contribution < -0.4 is 11.5 Å². The van der Waals surface area contributed by atoms with Crippen LogP contribution in [0.25, 0.3) is 0 Å². The fraction of sp³-hybridized carbons (Fsp3) is 0.682. The van der Waals surface area contributed by atoms with Crippen LogP contribution in [-0.2, 0) is 5.75 Å². The zero-order chi connectivity index (χ0) is 24.3. The fourth-order valence-corrected chi connectivity index (χ4v) is 4.28. The van der Waals surface area contributed by atoms with E-state index in [1.54, 1.807) is 30.5 Å². The number of imidazole rings is 1. The first kappa shape index (κ1) is 28.1. The summed E-state index contributed by atoms with van der Waals surface area (Å²) in [6, 6.07) is 0. The van der Waals surface area contributed by atoms with E-state index in [4.69, 9.17) is 22.0 Å². The van der Waals surface area contributed by atoms with Crippen molar-refractivity contribution in [1.82, 2.24) is 19.8 Å². The van der Waals surface area contributed by atoms with Crippen LogP contribution in [0.15, 0.2) is 16.3 Å². The molecule has 5 N–H and O–H groups in total. The summed E-state index contributed by atoms with van der Waals surface area (Å²) in [7, 11) is 1.85. The minimum Gasteiger partial charge on any atom is -0.369 e. The number of hydrogen-bond donors (Lipinski definition) is 3. The Hall–Kier alpha value is -2.92. The Bertz CT molecular complexity index is 805. The van der Waals surface area contributed by atoms with Crippen molar-refractivity contribution in [2.75, 3.05) is 32.4 Å². The number of unbranched alkanes of at least 4 members (excludes halogenated alkanes) is 7. The topological polar surface area (TPSA) is 160 Å². The van der Waals surface area contributed by atoms with Crippen LogP contribution in [0.2, 0.25) is 0 Å². The van der Waals surface area contributed by atoms with Gasteiger partial charge >= 0.3 is 0 Å². The van der Waals surface area contributed by atoms with Crippen molar-refractivity contribution in [3.63, 3.8) is 0 Å². The number of aromatic nitrogens is 2. The molecule has 33 heavy (non-hydrogen) atoms. The third-order valence-electron chi connectivity index (χ3n) is 5.39. The molecule has 0 saturated heterocycles. The second-order valence-electron chi connectivity index (χ2n) is 7.90. The molecular weight excluding hydrogens is 436 g/mol. The molecule has 10 nitrogen and oxygen atoms in total. The molecule has 0 unspecified atom stereocenters. The average Bonchev–Trinajstić information content (AvgIpc) is 3.20. The van der Waals surface area contributed by atoms with Gasteiger partial charge in [-0.05, 0) is 19.8 Å². The predicted octanol–water partition coefficient (Wildman–Crippen LogP) is 2.90. The number of rotatable bonds is 16. The number of nitrogens with two attached hydrogens (primary N) is 2. The monoisotopic (exact) mass is 474 g/mol. The summed E-state index contributed by atoms with van der Waals surface area (Å²) in [4.78, 5) is 18.5. The number of nitriles is 2. The van der Waals surface area contributed by atoms with Crippen molar-refractivity contribution in [1.29, 1.82) is 10.5 Å². The number of aromatic amines is 1. The SMILES string of the molecule is Cc1[nH]cnc1CSCCN(CCCCCCCCCCN(C)C(N)=NC#N)C(N)=NC#N. The van der Waals surface area contributed by atoms with Crippen LogP contribution in [0.1, 0.15) is 62.8 Å². The Morgan fingerprint density at radius 1 is 0.970 bits per heavy atom. The summed E-state index contributed by atoms with van der Waals surface area (Å²) < 4.78 is 0. The van der Waals surface area contributed by atoms with Crippen LogP contribution in [0, 0.1) is 29.8 Å². The Balaban J connectivity index is 2.13. The Kier molecular flexibility index (Phi) is 15.0. The number of hydrogen-bond acceptors (Lipinski definition) is 6. The predicted molar refractivity (Wildman–Crippen MR) is 135 cm³/mol. The summed E-state index contributed by atoms with van der Waals surface area (Å²) >= 11 is 1.80. The number of aliphatic imine (C=N–C) groups is 2. The van der Waals surface area contributed by atoms with E-state index in [-0.39, 0.29) is 5.96 Å². The first-order chi connectivity index (χ1) is 16.0. The van der Waals surface area contributed by atoms with Gasteiger partial charge in [0.2, 0.25) is 24.3 Å². The van der Waals surface area contributed by atoms with Crippen LogP contribution in [-0.4, -0.2) is 64.1 Å². The lowest BCUT2D eigenvalue weighted by Gasteiger charge is -2.22. The van der Waals surface area contributed by atoms with E-state index < -0.39 is 0 Å². The van der Waals surface area contributed by atoms with Crippen molar-refractivity contribution < 1.29 is 0 Å². The van der Waals surface area contributed by atoms with E-state index in [0.717, 1.165) is 68.2 Å². The second-order valence-corrected chi connectivity index (χ2v) is 9.01. The van der Waals surface area contributed by atoms with Crippen molar-refractivity contribution in [3.05, 3.63) is 17.7 Å². The van der Waals surface area contributed by atoms with Gasteiger partial charge in [-0.2, -0.15) is 22.3 Å². The molecule has 0 radical (unpaired) electrons. The summed E-state index contributed by atoms with van der Waals surface area (Å²) in [5.74, 6) is 2.34. The lowest BCUT2D eigenvalue weighted by molar-refractivity contribution is 0.415. The molecule has 1 heterocycles. The normalized spacial score (nSPS) is 11.8. The van der Waals surface area contributed by atoms with Crippen molar-refractivity contribution >= 4 is 23.7 Å². The Morgan fingerprint density at radius 3 is 2.12 bits per heavy atom. The molecule has 1 aromatic rings. The van der Waals surface area contributed by atoms with Crippen molar-refractivity contribution in [2.24, 2.45) is 21.5 Å². The quantitative estimate of drug-likeness (QED) is 0.143. The van der Waals surface area contributed by atoms with Crippen molar-refractivity contribution in [3.8, 4) is 12.4 Å². The molecule has 0 spiro atoms. The van der Waals surface area contributed by atoms with E-state index in [2.05, 4.69) is 20.0 Å². The molecule has 0 aliphatic carbocycles. The third-order valence-corrected chi connectivity index (χ3v) is 6.34. The smallest absolute Gasteiger partial charge is 0.209 e.